The second-order valence-electron chi connectivity index (χ2n) is 9.35. The molecule has 1 aromatic carbocycles. The molecule has 3 aliphatic rings. The van der Waals surface area contributed by atoms with Gasteiger partial charge in [-0.1, -0.05) is 6.07 Å². The number of amides is 1. The molecule has 0 bridgehead atoms. The van der Waals surface area contributed by atoms with Crippen molar-refractivity contribution in [2.24, 2.45) is 0 Å². The zero-order valence-corrected chi connectivity index (χ0v) is 19.4. The van der Waals surface area contributed by atoms with Gasteiger partial charge in [-0.05, 0) is 43.9 Å². The molecule has 1 saturated carbocycles. The molecule has 8 nitrogen and oxygen atoms in total. The van der Waals surface area contributed by atoms with E-state index in [0.717, 1.165) is 43.5 Å². The molecule has 2 aliphatic heterocycles. The molecule has 1 atom stereocenters. The predicted molar refractivity (Wildman–Crippen MR) is 128 cm³/mol. The van der Waals surface area contributed by atoms with Crippen molar-refractivity contribution in [3.8, 4) is 22.8 Å². The monoisotopic (exact) mass is 478 g/mol. The lowest BCUT2D eigenvalue weighted by Crippen LogP contribution is -2.39. The molecule has 0 unspecified atom stereocenters. The molecular formula is C26H27FN4O4. The lowest BCUT2D eigenvalue weighted by Gasteiger charge is -2.23. The van der Waals surface area contributed by atoms with Gasteiger partial charge in [0.2, 0.25) is 0 Å². The minimum atomic E-state index is -0.490. The van der Waals surface area contributed by atoms with Gasteiger partial charge in [-0.2, -0.15) is 0 Å². The SMILES string of the molecule is COc1c(F)cccc1Nc1c(-c2ccncc2OC[C@@H]2CCCO2)[nH]c2c1C(=O)NCC21CC1. The average molecular weight is 479 g/mol. The fraction of sp³-hybridized carbons (Fsp3) is 0.385. The Morgan fingerprint density at radius 3 is 2.97 bits per heavy atom. The standard InChI is InChI=1S/C26H27FN4O4/c1-33-23-17(27)5-2-6-18(23)30-22-20-24(26(8-9-26)14-29-25(20)32)31-21(22)16-7-10-28-12-19(16)35-13-15-4-3-11-34-15/h2,5-7,10,12,15,30-31H,3-4,8-9,11,13-14H2,1H3,(H,29,32)/t15-/m0/s1. The van der Waals surface area contributed by atoms with Gasteiger partial charge in [-0.15, -0.1) is 0 Å². The summed E-state index contributed by atoms with van der Waals surface area (Å²) >= 11 is 0. The Morgan fingerprint density at radius 1 is 1.31 bits per heavy atom. The lowest BCUT2D eigenvalue weighted by molar-refractivity contribution is 0.0680. The van der Waals surface area contributed by atoms with Crippen molar-refractivity contribution in [3.05, 3.63) is 53.7 Å². The van der Waals surface area contributed by atoms with Crippen LogP contribution in [0.3, 0.4) is 0 Å². The van der Waals surface area contributed by atoms with Crippen LogP contribution in [0.25, 0.3) is 11.3 Å². The Labute approximate surface area is 202 Å². The number of fused-ring (bicyclic) bond motifs is 2. The van der Waals surface area contributed by atoms with Gasteiger partial charge in [0.15, 0.2) is 11.6 Å². The molecule has 1 amide bonds. The first-order chi connectivity index (χ1) is 17.1. The number of hydrogen-bond donors (Lipinski definition) is 3. The van der Waals surface area contributed by atoms with Crippen LogP contribution in [0.15, 0.2) is 36.7 Å². The second-order valence-corrected chi connectivity index (χ2v) is 9.35. The Morgan fingerprint density at radius 2 is 2.20 bits per heavy atom. The number of rotatable bonds is 7. The van der Waals surface area contributed by atoms with Gasteiger partial charge >= 0.3 is 0 Å². The fourth-order valence-corrected chi connectivity index (χ4v) is 5.07. The normalized spacial score (nSPS) is 19.8. The number of benzene rings is 1. The molecule has 1 saturated heterocycles. The number of methoxy groups -OCH3 is 1. The maximum Gasteiger partial charge on any atom is 0.255 e. The smallest absolute Gasteiger partial charge is 0.255 e. The van der Waals surface area contributed by atoms with Crippen LogP contribution in [0, 0.1) is 5.82 Å². The van der Waals surface area contributed by atoms with Crippen LogP contribution >= 0.6 is 0 Å². The highest BCUT2D eigenvalue weighted by Gasteiger charge is 2.51. The van der Waals surface area contributed by atoms with Gasteiger partial charge in [-0.3, -0.25) is 9.78 Å². The number of hydrogen-bond acceptors (Lipinski definition) is 6. The van der Waals surface area contributed by atoms with Gasteiger partial charge < -0.3 is 29.8 Å². The maximum atomic E-state index is 14.5. The van der Waals surface area contributed by atoms with Crippen molar-refractivity contribution >= 4 is 17.3 Å². The van der Waals surface area contributed by atoms with Crippen molar-refractivity contribution in [2.45, 2.75) is 37.2 Å². The third-order valence-electron chi connectivity index (χ3n) is 7.13. The summed E-state index contributed by atoms with van der Waals surface area (Å²) in [5, 5.41) is 6.34. The van der Waals surface area contributed by atoms with E-state index in [9.17, 15) is 9.18 Å². The number of carbonyl (C=O) groups is 1. The quantitative estimate of drug-likeness (QED) is 0.469. The van der Waals surface area contributed by atoms with Crippen LogP contribution in [0.2, 0.25) is 0 Å². The van der Waals surface area contributed by atoms with E-state index in [1.807, 2.05) is 6.07 Å². The Hall–Kier alpha value is -3.59. The molecule has 9 heteroatoms. The van der Waals surface area contributed by atoms with E-state index in [-0.39, 0.29) is 23.2 Å². The molecule has 35 heavy (non-hydrogen) atoms. The number of nitrogens with one attached hydrogen (secondary N) is 3. The molecule has 3 N–H and O–H groups in total. The summed E-state index contributed by atoms with van der Waals surface area (Å²) in [7, 11) is 1.42. The maximum absolute atomic E-state index is 14.5. The summed E-state index contributed by atoms with van der Waals surface area (Å²) in [6.07, 6.45) is 7.37. The number of aromatic nitrogens is 2. The van der Waals surface area contributed by atoms with E-state index in [1.165, 1.54) is 13.2 Å². The molecule has 2 fully saturated rings. The summed E-state index contributed by atoms with van der Waals surface area (Å²) in [4.78, 5) is 20.9. The Bertz CT molecular complexity index is 1280. The zero-order valence-electron chi connectivity index (χ0n) is 19.4. The summed E-state index contributed by atoms with van der Waals surface area (Å²) in [6.45, 7) is 1.77. The zero-order chi connectivity index (χ0) is 24.0. The number of aromatic amines is 1. The van der Waals surface area contributed by atoms with Crippen molar-refractivity contribution in [1.29, 1.82) is 0 Å². The van der Waals surface area contributed by atoms with Gasteiger partial charge in [0.1, 0.15) is 12.4 Å². The predicted octanol–water partition coefficient (Wildman–Crippen LogP) is 4.30. The van der Waals surface area contributed by atoms with Crippen LogP contribution in [0.5, 0.6) is 11.5 Å². The minimum Gasteiger partial charge on any atom is -0.492 e. The number of anilines is 2. The number of carbonyl (C=O) groups excluding carboxylic acids is 1. The highest BCUT2D eigenvalue weighted by Crippen LogP contribution is 2.54. The van der Waals surface area contributed by atoms with Crippen molar-refractivity contribution in [3.63, 3.8) is 0 Å². The molecule has 0 radical (unpaired) electrons. The molecule has 6 rings (SSSR count). The number of ether oxygens (including phenoxy) is 3. The molecule has 2 aromatic heterocycles. The van der Waals surface area contributed by atoms with E-state index >= 15 is 0 Å². The number of H-pyrrole nitrogens is 1. The van der Waals surface area contributed by atoms with Crippen LogP contribution in [-0.2, 0) is 10.2 Å². The number of halogens is 1. The van der Waals surface area contributed by atoms with E-state index in [2.05, 4.69) is 20.6 Å². The number of para-hydroxylation sites is 1. The van der Waals surface area contributed by atoms with Gasteiger partial charge in [0.05, 0.1) is 42.0 Å². The van der Waals surface area contributed by atoms with Crippen LogP contribution < -0.4 is 20.1 Å². The topological polar surface area (TPSA) is 97.5 Å². The van der Waals surface area contributed by atoms with Crippen molar-refractivity contribution < 1.29 is 23.4 Å². The third-order valence-corrected chi connectivity index (χ3v) is 7.13. The van der Waals surface area contributed by atoms with E-state index in [1.54, 1.807) is 24.5 Å². The van der Waals surface area contributed by atoms with E-state index < -0.39 is 5.82 Å². The van der Waals surface area contributed by atoms with Crippen molar-refractivity contribution in [1.82, 2.24) is 15.3 Å². The fourth-order valence-electron chi connectivity index (χ4n) is 5.07. The third kappa shape index (κ3) is 3.80. The van der Waals surface area contributed by atoms with Crippen molar-refractivity contribution in [2.75, 3.05) is 32.2 Å². The first-order valence-corrected chi connectivity index (χ1v) is 11.9. The first kappa shape index (κ1) is 21.9. The first-order valence-electron chi connectivity index (χ1n) is 11.9. The molecular weight excluding hydrogens is 451 g/mol. The van der Waals surface area contributed by atoms with Gasteiger partial charge in [0, 0.05) is 36.0 Å². The van der Waals surface area contributed by atoms with Gasteiger partial charge in [0.25, 0.3) is 5.91 Å². The molecule has 4 heterocycles. The van der Waals surface area contributed by atoms with E-state index in [4.69, 9.17) is 14.2 Å². The summed E-state index contributed by atoms with van der Waals surface area (Å²) in [5.41, 5.74) is 3.77. The summed E-state index contributed by atoms with van der Waals surface area (Å²) in [5.74, 6) is 0.00119. The Kier molecular flexibility index (Phi) is 5.36. The Balaban J connectivity index is 1.47. The van der Waals surface area contributed by atoms with Crippen LogP contribution in [0.1, 0.15) is 41.7 Å². The summed E-state index contributed by atoms with van der Waals surface area (Å²) < 4.78 is 31.6. The molecule has 1 spiro atoms. The van der Waals surface area contributed by atoms with Gasteiger partial charge in [-0.25, -0.2) is 4.39 Å². The van der Waals surface area contributed by atoms with E-state index in [0.29, 0.717) is 41.5 Å². The molecule has 1 aliphatic carbocycles. The molecule has 182 valence electrons. The average Bonchev–Trinajstić information content (AvgIpc) is 3.26. The lowest BCUT2D eigenvalue weighted by atomic mass is 9.93. The highest BCUT2D eigenvalue weighted by atomic mass is 19.1. The largest absolute Gasteiger partial charge is 0.492 e. The second kappa shape index (κ2) is 8.57. The highest BCUT2D eigenvalue weighted by molar-refractivity contribution is 6.07. The minimum absolute atomic E-state index is 0.0505. The number of nitrogens with zero attached hydrogens (tertiary/aromatic N) is 1. The summed E-state index contributed by atoms with van der Waals surface area (Å²) in [6, 6.07) is 6.51. The van der Waals surface area contributed by atoms with Crippen LogP contribution in [-0.4, -0.2) is 48.8 Å². The van der Waals surface area contributed by atoms with Crippen LogP contribution in [0.4, 0.5) is 15.8 Å². The number of pyridine rings is 1. The molecule has 3 aromatic rings.